The van der Waals surface area contributed by atoms with Gasteiger partial charge in [-0.05, 0) is 47.5 Å². The van der Waals surface area contributed by atoms with Crippen molar-refractivity contribution < 1.29 is 9.32 Å². The molecule has 1 aromatic heterocycles. The number of carbonyl (C=O) groups excluding carboxylic acids is 1. The van der Waals surface area contributed by atoms with Crippen LogP contribution < -0.4 is 16.4 Å². The molecule has 0 radical (unpaired) electrons. The molecule has 7 nitrogen and oxygen atoms in total. The minimum atomic E-state index is -0.395. The SMILES string of the molecule is N#Cc1cccc(NC(=O)Nc2ccc(-c3cccc4onc(N)c34)cc2)c1. The van der Waals surface area contributed by atoms with Crippen LogP contribution in [0.1, 0.15) is 5.56 Å². The number of hydrogen-bond donors (Lipinski definition) is 3. The van der Waals surface area contributed by atoms with Gasteiger partial charge < -0.3 is 20.9 Å². The molecule has 0 atom stereocenters. The lowest BCUT2D eigenvalue weighted by molar-refractivity contribution is 0.262. The summed E-state index contributed by atoms with van der Waals surface area (Å²) in [5.74, 6) is 0.340. The molecule has 136 valence electrons. The molecule has 4 aromatic rings. The fourth-order valence-electron chi connectivity index (χ4n) is 2.95. The highest BCUT2D eigenvalue weighted by atomic mass is 16.5. The van der Waals surface area contributed by atoms with Gasteiger partial charge in [0.05, 0.1) is 17.0 Å². The molecule has 0 aliphatic heterocycles. The first-order valence-corrected chi connectivity index (χ1v) is 8.46. The number of nitrogens with zero attached hydrogens (tertiary/aromatic N) is 2. The van der Waals surface area contributed by atoms with Crippen molar-refractivity contribution in [2.75, 3.05) is 16.4 Å². The molecule has 0 fully saturated rings. The number of anilines is 3. The van der Waals surface area contributed by atoms with Crippen LogP contribution >= 0.6 is 0 Å². The fraction of sp³-hybridized carbons (Fsp3) is 0. The standard InChI is InChI=1S/C21H15N5O2/c22-12-13-3-1-4-16(11-13)25-21(27)24-15-9-7-14(8-10-15)17-5-2-6-18-19(17)20(23)26-28-18/h1-11H,(H2,23,26)(H2,24,25,27). The van der Waals surface area contributed by atoms with E-state index in [1.165, 1.54) is 0 Å². The van der Waals surface area contributed by atoms with Crippen molar-refractivity contribution in [2.45, 2.75) is 0 Å². The van der Waals surface area contributed by atoms with Crippen molar-refractivity contribution in [3.8, 4) is 17.2 Å². The van der Waals surface area contributed by atoms with Gasteiger partial charge in [0.1, 0.15) is 0 Å². The van der Waals surface area contributed by atoms with E-state index < -0.39 is 6.03 Å². The second-order valence-electron chi connectivity index (χ2n) is 6.10. The van der Waals surface area contributed by atoms with Crippen LogP contribution in [0.5, 0.6) is 0 Å². The largest absolute Gasteiger partial charge is 0.380 e. The van der Waals surface area contributed by atoms with E-state index in [4.69, 9.17) is 15.5 Å². The molecule has 7 heteroatoms. The third-order valence-corrected chi connectivity index (χ3v) is 4.23. The maximum atomic E-state index is 12.2. The lowest BCUT2D eigenvalue weighted by Crippen LogP contribution is -2.19. The molecule has 0 bridgehead atoms. The zero-order valence-electron chi connectivity index (χ0n) is 14.6. The Kier molecular flexibility index (Phi) is 4.36. The minimum absolute atomic E-state index is 0.340. The van der Waals surface area contributed by atoms with E-state index in [-0.39, 0.29) is 0 Å². The van der Waals surface area contributed by atoms with Gasteiger partial charge in [-0.25, -0.2) is 4.79 Å². The molecule has 2 amide bonds. The summed E-state index contributed by atoms with van der Waals surface area (Å²) in [7, 11) is 0. The Labute approximate surface area is 160 Å². The molecule has 4 rings (SSSR count). The normalized spacial score (nSPS) is 10.4. The number of aromatic nitrogens is 1. The summed E-state index contributed by atoms with van der Waals surface area (Å²) < 4.78 is 5.20. The number of urea groups is 1. The first-order valence-electron chi connectivity index (χ1n) is 8.46. The van der Waals surface area contributed by atoms with E-state index >= 15 is 0 Å². The van der Waals surface area contributed by atoms with E-state index in [9.17, 15) is 4.79 Å². The Bertz CT molecular complexity index is 1210. The number of nitrogen functional groups attached to an aromatic ring is 1. The van der Waals surface area contributed by atoms with Crippen LogP contribution in [0.25, 0.3) is 22.1 Å². The summed E-state index contributed by atoms with van der Waals surface area (Å²) in [4.78, 5) is 12.2. The third-order valence-electron chi connectivity index (χ3n) is 4.23. The Morgan fingerprint density at radius 3 is 2.54 bits per heavy atom. The van der Waals surface area contributed by atoms with Gasteiger partial charge in [0.15, 0.2) is 11.4 Å². The van der Waals surface area contributed by atoms with Crippen molar-refractivity contribution in [1.29, 1.82) is 5.26 Å². The van der Waals surface area contributed by atoms with Crippen LogP contribution in [-0.4, -0.2) is 11.2 Å². The highest BCUT2D eigenvalue weighted by molar-refractivity contribution is 6.02. The highest BCUT2D eigenvalue weighted by Crippen LogP contribution is 2.32. The average Bonchev–Trinajstić information content (AvgIpc) is 3.10. The number of nitriles is 1. The van der Waals surface area contributed by atoms with Crippen molar-refractivity contribution in [2.24, 2.45) is 0 Å². The molecule has 4 N–H and O–H groups in total. The Balaban J connectivity index is 1.51. The van der Waals surface area contributed by atoms with Crippen molar-refractivity contribution >= 4 is 34.2 Å². The molecule has 0 saturated carbocycles. The van der Waals surface area contributed by atoms with Gasteiger partial charge in [-0.3, -0.25) is 0 Å². The predicted octanol–water partition coefficient (Wildman–Crippen LogP) is 4.59. The highest BCUT2D eigenvalue weighted by Gasteiger charge is 2.11. The van der Waals surface area contributed by atoms with E-state index in [2.05, 4.69) is 15.8 Å². The Morgan fingerprint density at radius 2 is 1.75 bits per heavy atom. The maximum Gasteiger partial charge on any atom is 0.323 e. The Hall–Kier alpha value is -4.31. The first-order chi connectivity index (χ1) is 13.6. The molecular formula is C21H15N5O2. The van der Waals surface area contributed by atoms with Gasteiger partial charge in [0, 0.05) is 11.4 Å². The minimum Gasteiger partial charge on any atom is -0.380 e. The van der Waals surface area contributed by atoms with Gasteiger partial charge in [-0.15, -0.1) is 0 Å². The summed E-state index contributed by atoms with van der Waals surface area (Å²) in [5, 5.41) is 19.0. The van der Waals surface area contributed by atoms with Crippen molar-refractivity contribution in [3.63, 3.8) is 0 Å². The number of fused-ring (bicyclic) bond motifs is 1. The summed E-state index contributed by atoms with van der Waals surface area (Å²) in [6.45, 7) is 0. The van der Waals surface area contributed by atoms with E-state index in [0.29, 0.717) is 28.3 Å². The number of rotatable bonds is 3. The predicted molar refractivity (Wildman–Crippen MR) is 108 cm³/mol. The number of amides is 2. The van der Waals surface area contributed by atoms with Gasteiger partial charge in [-0.2, -0.15) is 5.26 Å². The zero-order chi connectivity index (χ0) is 19.5. The van der Waals surface area contributed by atoms with Gasteiger partial charge in [0.25, 0.3) is 0 Å². The number of hydrogen-bond acceptors (Lipinski definition) is 5. The molecule has 0 spiro atoms. The Morgan fingerprint density at radius 1 is 1.00 bits per heavy atom. The molecular weight excluding hydrogens is 354 g/mol. The fourth-order valence-corrected chi connectivity index (χ4v) is 2.95. The second kappa shape index (κ2) is 7.13. The summed E-state index contributed by atoms with van der Waals surface area (Å²) in [6, 6.07) is 21.3. The summed E-state index contributed by atoms with van der Waals surface area (Å²) in [5.41, 5.74) is 10.0. The second-order valence-corrected chi connectivity index (χ2v) is 6.10. The van der Waals surface area contributed by atoms with Gasteiger partial charge >= 0.3 is 6.03 Å². The topological polar surface area (TPSA) is 117 Å². The quantitative estimate of drug-likeness (QED) is 0.488. The smallest absolute Gasteiger partial charge is 0.323 e. The summed E-state index contributed by atoms with van der Waals surface area (Å²) >= 11 is 0. The third kappa shape index (κ3) is 3.34. The molecule has 28 heavy (non-hydrogen) atoms. The first kappa shape index (κ1) is 17.1. The van der Waals surface area contributed by atoms with Crippen LogP contribution in [0.2, 0.25) is 0 Å². The van der Waals surface area contributed by atoms with Crippen LogP contribution in [-0.2, 0) is 0 Å². The molecule has 1 heterocycles. The molecule has 0 aliphatic carbocycles. The molecule has 0 saturated heterocycles. The average molecular weight is 369 g/mol. The van der Waals surface area contributed by atoms with E-state index in [0.717, 1.165) is 16.5 Å². The number of carbonyl (C=O) groups is 1. The van der Waals surface area contributed by atoms with Crippen LogP contribution in [0.3, 0.4) is 0 Å². The number of nitrogens with one attached hydrogen (secondary N) is 2. The maximum absolute atomic E-state index is 12.2. The van der Waals surface area contributed by atoms with Crippen LogP contribution in [0, 0.1) is 11.3 Å². The van der Waals surface area contributed by atoms with Gasteiger partial charge in [-0.1, -0.05) is 35.5 Å². The zero-order valence-corrected chi connectivity index (χ0v) is 14.6. The van der Waals surface area contributed by atoms with Crippen LogP contribution in [0.15, 0.2) is 71.3 Å². The lowest BCUT2D eigenvalue weighted by Gasteiger charge is -2.09. The van der Waals surface area contributed by atoms with E-state index in [1.807, 2.05) is 36.4 Å². The van der Waals surface area contributed by atoms with E-state index in [1.54, 1.807) is 36.4 Å². The number of nitrogens with two attached hydrogens (primary N) is 1. The monoisotopic (exact) mass is 369 g/mol. The van der Waals surface area contributed by atoms with Crippen molar-refractivity contribution in [3.05, 3.63) is 72.3 Å². The summed E-state index contributed by atoms with van der Waals surface area (Å²) in [6.07, 6.45) is 0. The molecule has 3 aromatic carbocycles. The molecule has 0 aliphatic rings. The number of benzene rings is 3. The van der Waals surface area contributed by atoms with Crippen molar-refractivity contribution in [1.82, 2.24) is 5.16 Å². The van der Waals surface area contributed by atoms with Gasteiger partial charge in [0.2, 0.25) is 0 Å². The van der Waals surface area contributed by atoms with Crippen LogP contribution in [0.4, 0.5) is 22.0 Å². The lowest BCUT2D eigenvalue weighted by atomic mass is 10.0. The molecule has 0 unspecified atom stereocenters.